The predicted octanol–water partition coefficient (Wildman–Crippen LogP) is 2.94. The van der Waals surface area contributed by atoms with Crippen LogP contribution >= 0.6 is 22.6 Å². The smallest absolute Gasteiger partial charge is 0.265 e. The molecule has 0 aromatic carbocycles. The van der Waals surface area contributed by atoms with E-state index in [0.29, 0.717) is 9.13 Å². The molecule has 13 heavy (non-hydrogen) atoms. The van der Waals surface area contributed by atoms with Crippen LogP contribution in [0.4, 0.5) is 8.78 Å². The zero-order chi connectivity index (χ0) is 10.0. The first kappa shape index (κ1) is 10.6. The summed E-state index contributed by atoms with van der Waals surface area (Å²) in [5, 5.41) is 0. The molecule has 0 aliphatic heterocycles. The summed E-state index contributed by atoms with van der Waals surface area (Å²) in [5.74, 6) is 0.251. The van der Waals surface area contributed by atoms with E-state index in [0.717, 1.165) is 0 Å². The van der Waals surface area contributed by atoms with Gasteiger partial charge in [-0.3, -0.25) is 0 Å². The Morgan fingerprint density at radius 2 is 2.15 bits per heavy atom. The molecule has 72 valence electrons. The lowest BCUT2D eigenvalue weighted by atomic mass is 10.2. The van der Waals surface area contributed by atoms with Gasteiger partial charge in [-0.05, 0) is 35.1 Å². The molecule has 2 nitrogen and oxygen atoms in total. The molecule has 0 spiro atoms. The van der Waals surface area contributed by atoms with E-state index < -0.39 is 6.43 Å². The third-order valence-electron chi connectivity index (χ3n) is 1.64. The molecule has 0 bridgehead atoms. The SMILES string of the molecule is COc1ncc(C)c(C(F)F)c1I. The van der Waals surface area contributed by atoms with Gasteiger partial charge in [0.1, 0.15) is 0 Å². The molecule has 1 aromatic rings. The van der Waals surface area contributed by atoms with Gasteiger partial charge in [-0.25, -0.2) is 13.8 Å². The Balaban J connectivity index is 3.30. The van der Waals surface area contributed by atoms with Crippen LogP contribution in [0.1, 0.15) is 17.6 Å². The van der Waals surface area contributed by atoms with Crippen molar-refractivity contribution in [2.75, 3.05) is 7.11 Å². The van der Waals surface area contributed by atoms with Crippen LogP contribution in [-0.2, 0) is 0 Å². The summed E-state index contributed by atoms with van der Waals surface area (Å²) < 4.78 is 30.3. The van der Waals surface area contributed by atoms with E-state index in [2.05, 4.69) is 4.98 Å². The number of aromatic nitrogens is 1. The first-order chi connectivity index (χ1) is 6.07. The van der Waals surface area contributed by atoms with E-state index in [9.17, 15) is 8.78 Å². The second-order valence-corrected chi connectivity index (χ2v) is 3.56. The first-order valence-electron chi connectivity index (χ1n) is 3.55. The molecule has 0 saturated carbocycles. The fourth-order valence-corrected chi connectivity index (χ4v) is 2.00. The van der Waals surface area contributed by atoms with Gasteiger partial charge >= 0.3 is 0 Å². The van der Waals surface area contributed by atoms with Gasteiger partial charge in [0, 0.05) is 11.8 Å². The summed E-state index contributed by atoms with van der Waals surface area (Å²) in [4.78, 5) is 3.88. The van der Waals surface area contributed by atoms with Gasteiger partial charge in [0.25, 0.3) is 6.43 Å². The number of pyridine rings is 1. The number of rotatable bonds is 2. The molecule has 5 heteroatoms. The van der Waals surface area contributed by atoms with E-state index in [1.165, 1.54) is 13.3 Å². The minimum Gasteiger partial charge on any atom is -0.480 e. The number of hydrogen-bond donors (Lipinski definition) is 0. The molecule has 0 radical (unpaired) electrons. The van der Waals surface area contributed by atoms with Crippen molar-refractivity contribution in [1.82, 2.24) is 4.98 Å². The molecule has 0 aliphatic carbocycles. The molecule has 0 atom stereocenters. The molecule has 0 N–H and O–H groups in total. The lowest BCUT2D eigenvalue weighted by Gasteiger charge is -2.09. The van der Waals surface area contributed by atoms with Gasteiger partial charge in [0.2, 0.25) is 5.88 Å². The van der Waals surface area contributed by atoms with Crippen molar-refractivity contribution >= 4 is 22.6 Å². The second-order valence-electron chi connectivity index (χ2n) is 2.48. The van der Waals surface area contributed by atoms with Crippen molar-refractivity contribution in [2.45, 2.75) is 13.3 Å². The highest BCUT2D eigenvalue weighted by Crippen LogP contribution is 2.31. The highest BCUT2D eigenvalue weighted by Gasteiger charge is 2.18. The van der Waals surface area contributed by atoms with Gasteiger partial charge in [0.15, 0.2) is 0 Å². The monoisotopic (exact) mass is 299 g/mol. The molecule has 1 rings (SSSR count). The maximum atomic E-state index is 12.5. The minimum absolute atomic E-state index is 0.00690. The van der Waals surface area contributed by atoms with Crippen LogP contribution in [0, 0.1) is 10.5 Å². The van der Waals surface area contributed by atoms with Crippen LogP contribution in [-0.4, -0.2) is 12.1 Å². The Morgan fingerprint density at radius 1 is 1.54 bits per heavy atom. The Kier molecular flexibility index (Phi) is 3.40. The molecule has 0 fully saturated rings. The quantitative estimate of drug-likeness (QED) is 0.783. The van der Waals surface area contributed by atoms with Crippen molar-refractivity contribution in [3.05, 3.63) is 20.9 Å². The summed E-state index contributed by atoms with van der Waals surface area (Å²) in [6.07, 6.45) is -1.09. The highest BCUT2D eigenvalue weighted by atomic mass is 127. The van der Waals surface area contributed by atoms with Crippen LogP contribution in [0.2, 0.25) is 0 Å². The molecular formula is C8H8F2INO. The summed E-state index contributed by atoms with van der Waals surface area (Å²) in [5.41, 5.74) is 0.493. The average molecular weight is 299 g/mol. The number of alkyl halides is 2. The lowest BCUT2D eigenvalue weighted by Crippen LogP contribution is -2.00. The first-order valence-corrected chi connectivity index (χ1v) is 4.63. The van der Waals surface area contributed by atoms with Crippen molar-refractivity contribution < 1.29 is 13.5 Å². The number of methoxy groups -OCH3 is 1. The average Bonchev–Trinajstić information content (AvgIpc) is 2.04. The van der Waals surface area contributed by atoms with E-state index in [1.54, 1.807) is 6.92 Å². The van der Waals surface area contributed by atoms with Crippen molar-refractivity contribution in [1.29, 1.82) is 0 Å². The Bertz CT molecular complexity index is 317. The van der Waals surface area contributed by atoms with E-state index in [4.69, 9.17) is 4.74 Å². The van der Waals surface area contributed by atoms with E-state index in [1.807, 2.05) is 22.6 Å². The molecule has 0 amide bonds. The Labute approximate surface area is 88.5 Å². The normalized spacial score (nSPS) is 10.6. The van der Waals surface area contributed by atoms with Crippen LogP contribution in [0.15, 0.2) is 6.20 Å². The minimum atomic E-state index is -2.48. The maximum absolute atomic E-state index is 12.5. The van der Waals surface area contributed by atoms with Crippen molar-refractivity contribution in [3.8, 4) is 5.88 Å². The maximum Gasteiger partial charge on any atom is 0.265 e. The van der Waals surface area contributed by atoms with Crippen molar-refractivity contribution in [2.24, 2.45) is 0 Å². The number of halogens is 3. The summed E-state index contributed by atoms with van der Waals surface area (Å²) in [6.45, 7) is 1.61. The fourth-order valence-electron chi connectivity index (χ4n) is 0.980. The van der Waals surface area contributed by atoms with Gasteiger partial charge in [-0.1, -0.05) is 0 Å². The molecule has 0 saturated heterocycles. The van der Waals surface area contributed by atoms with Gasteiger partial charge in [-0.2, -0.15) is 0 Å². The summed E-state index contributed by atoms with van der Waals surface area (Å²) >= 11 is 1.81. The molecule has 1 aromatic heterocycles. The topological polar surface area (TPSA) is 22.1 Å². The number of hydrogen-bond acceptors (Lipinski definition) is 2. The second kappa shape index (κ2) is 4.17. The number of aryl methyl sites for hydroxylation is 1. The van der Waals surface area contributed by atoms with Gasteiger partial charge in [-0.15, -0.1) is 0 Å². The van der Waals surface area contributed by atoms with Gasteiger partial charge < -0.3 is 4.74 Å². The number of ether oxygens (including phenoxy) is 1. The fraction of sp³-hybridized carbons (Fsp3) is 0.375. The van der Waals surface area contributed by atoms with Crippen LogP contribution in [0.3, 0.4) is 0 Å². The van der Waals surface area contributed by atoms with E-state index in [-0.39, 0.29) is 11.4 Å². The van der Waals surface area contributed by atoms with Crippen molar-refractivity contribution in [3.63, 3.8) is 0 Å². The third kappa shape index (κ3) is 2.07. The van der Waals surface area contributed by atoms with Crippen LogP contribution < -0.4 is 4.74 Å². The molecule has 0 unspecified atom stereocenters. The Morgan fingerprint density at radius 3 is 2.62 bits per heavy atom. The third-order valence-corrected chi connectivity index (χ3v) is 2.68. The highest BCUT2D eigenvalue weighted by molar-refractivity contribution is 14.1. The zero-order valence-electron chi connectivity index (χ0n) is 7.14. The Hall–Kier alpha value is -0.460. The standard InChI is InChI=1S/C8H8F2INO/c1-4-3-12-8(13-2)6(11)5(4)7(9)10/h3,7H,1-2H3. The summed E-state index contributed by atoms with van der Waals surface area (Å²) in [7, 11) is 1.41. The lowest BCUT2D eigenvalue weighted by molar-refractivity contribution is 0.149. The molecule has 0 aliphatic rings. The number of nitrogens with zero attached hydrogens (tertiary/aromatic N) is 1. The van der Waals surface area contributed by atoms with E-state index >= 15 is 0 Å². The molecule has 1 heterocycles. The molecular weight excluding hydrogens is 291 g/mol. The predicted molar refractivity (Wildman–Crippen MR) is 53.2 cm³/mol. The summed E-state index contributed by atoms with van der Waals surface area (Å²) in [6, 6.07) is 0. The zero-order valence-corrected chi connectivity index (χ0v) is 9.30. The van der Waals surface area contributed by atoms with Gasteiger partial charge in [0.05, 0.1) is 10.7 Å². The van der Waals surface area contributed by atoms with Crippen LogP contribution in [0.5, 0.6) is 5.88 Å². The van der Waals surface area contributed by atoms with Crippen LogP contribution in [0.25, 0.3) is 0 Å². The largest absolute Gasteiger partial charge is 0.480 e.